The molecule has 0 unspecified atom stereocenters. The van der Waals surface area contributed by atoms with Gasteiger partial charge in [0.1, 0.15) is 24.7 Å². The summed E-state index contributed by atoms with van der Waals surface area (Å²) in [4.78, 5) is 23.8. The Hall–Kier alpha value is -4.58. The van der Waals surface area contributed by atoms with Gasteiger partial charge in [-0.1, -0.05) is 60.7 Å². The van der Waals surface area contributed by atoms with Gasteiger partial charge in [-0.3, -0.25) is 0 Å². The first-order valence-electron chi connectivity index (χ1n) is 11.1. The second kappa shape index (κ2) is 11.5. The number of carboxylic acid groups (broad SMARTS) is 1. The standard InChI is InChI=1S/C29H24O6/c30-28(31)23-11-15-25(16-12-23)33-19-20-34-26-17-13-24(14-18-26)29(32)35-27(21-7-3-1-4-8-21)22-9-5-2-6-10-22/h1-18,27H,19-20H2,(H,30,31). The molecule has 0 aromatic heterocycles. The molecule has 1 N–H and O–H groups in total. The summed E-state index contributed by atoms with van der Waals surface area (Å²) in [5.74, 6) is -0.262. The Morgan fingerprint density at radius 3 is 1.46 bits per heavy atom. The summed E-state index contributed by atoms with van der Waals surface area (Å²) in [5.41, 5.74) is 2.41. The Bertz CT molecular complexity index is 1200. The van der Waals surface area contributed by atoms with Crippen LogP contribution in [0.4, 0.5) is 0 Å². The zero-order valence-electron chi connectivity index (χ0n) is 18.9. The smallest absolute Gasteiger partial charge is 0.339 e. The fourth-order valence-electron chi connectivity index (χ4n) is 3.46. The molecule has 0 amide bonds. The lowest BCUT2D eigenvalue weighted by atomic mass is 10.0. The van der Waals surface area contributed by atoms with Crippen LogP contribution in [0.15, 0.2) is 109 Å². The highest BCUT2D eigenvalue weighted by molar-refractivity contribution is 5.90. The number of esters is 1. The van der Waals surface area contributed by atoms with Crippen molar-refractivity contribution >= 4 is 11.9 Å². The van der Waals surface area contributed by atoms with Crippen LogP contribution in [0.2, 0.25) is 0 Å². The van der Waals surface area contributed by atoms with Crippen LogP contribution in [-0.2, 0) is 4.74 Å². The Kier molecular flexibility index (Phi) is 7.76. The molecule has 4 rings (SSSR count). The van der Waals surface area contributed by atoms with Gasteiger partial charge in [-0.25, -0.2) is 9.59 Å². The summed E-state index contributed by atoms with van der Waals surface area (Å²) >= 11 is 0. The predicted molar refractivity (Wildman–Crippen MR) is 131 cm³/mol. The fraction of sp³-hybridized carbons (Fsp3) is 0.103. The van der Waals surface area contributed by atoms with Crippen molar-refractivity contribution in [2.24, 2.45) is 0 Å². The van der Waals surface area contributed by atoms with E-state index in [4.69, 9.17) is 19.3 Å². The first kappa shape index (κ1) is 23.6. The molecule has 0 atom stereocenters. The van der Waals surface area contributed by atoms with Gasteiger partial charge < -0.3 is 19.3 Å². The maximum atomic E-state index is 12.9. The van der Waals surface area contributed by atoms with Crippen molar-refractivity contribution < 1.29 is 28.9 Å². The zero-order valence-corrected chi connectivity index (χ0v) is 18.9. The molecule has 176 valence electrons. The van der Waals surface area contributed by atoms with E-state index in [-0.39, 0.29) is 18.8 Å². The number of hydrogen-bond acceptors (Lipinski definition) is 5. The molecule has 0 saturated heterocycles. The normalized spacial score (nSPS) is 10.5. The van der Waals surface area contributed by atoms with E-state index in [0.717, 1.165) is 11.1 Å². The van der Waals surface area contributed by atoms with E-state index in [2.05, 4.69) is 0 Å². The van der Waals surface area contributed by atoms with Crippen LogP contribution >= 0.6 is 0 Å². The largest absolute Gasteiger partial charge is 0.490 e. The Balaban J connectivity index is 1.32. The van der Waals surface area contributed by atoms with Crippen molar-refractivity contribution in [3.05, 3.63) is 131 Å². The monoisotopic (exact) mass is 468 g/mol. The molecule has 0 saturated carbocycles. The zero-order chi connectivity index (χ0) is 24.5. The van der Waals surface area contributed by atoms with Crippen LogP contribution in [0.5, 0.6) is 11.5 Å². The van der Waals surface area contributed by atoms with Crippen molar-refractivity contribution in [2.75, 3.05) is 13.2 Å². The SMILES string of the molecule is O=C(O)c1ccc(OCCOc2ccc(C(=O)OC(c3ccccc3)c3ccccc3)cc2)cc1. The van der Waals surface area contributed by atoms with Crippen LogP contribution in [0, 0.1) is 0 Å². The van der Waals surface area contributed by atoms with E-state index < -0.39 is 18.0 Å². The second-order valence-corrected chi connectivity index (χ2v) is 7.66. The molecule has 6 heteroatoms. The second-order valence-electron chi connectivity index (χ2n) is 7.66. The molecule has 0 heterocycles. The van der Waals surface area contributed by atoms with Crippen molar-refractivity contribution in [2.45, 2.75) is 6.10 Å². The van der Waals surface area contributed by atoms with E-state index >= 15 is 0 Å². The van der Waals surface area contributed by atoms with Crippen LogP contribution in [0.1, 0.15) is 37.9 Å². The molecule has 4 aromatic rings. The lowest BCUT2D eigenvalue weighted by Crippen LogP contribution is -2.13. The van der Waals surface area contributed by atoms with Crippen molar-refractivity contribution in [1.29, 1.82) is 0 Å². The molecule has 0 aliphatic carbocycles. The molecule has 0 fully saturated rings. The summed E-state index contributed by atoms with van der Waals surface area (Å²) in [6.45, 7) is 0.570. The van der Waals surface area contributed by atoms with E-state index in [9.17, 15) is 9.59 Å². The first-order valence-corrected chi connectivity index (χ1v) is 11.1. The Labute approximate surface area is 203 Å². The molecule has 0 radical (unpaired) electrons. The third-order valence-corrected chi connectivity index (χ3v) is 5.24. The number of carbonyl (C=O) groups excluding carboxylic acids is 1. The average Bonchev–Trinajstić information content (AvgIpc) is 2.91. The van der Waals surface area contributed by atoms with Crippen molar-refractivity contribution in [3.63, 3.8) is 0 Å². The minimum atomic E-state index is -0.983. The van der Waals surface area contributed by atoms with Gasteiger partial charge in [-0.2, -0.15) is 0 Å². The predicted octanol–water partition coefficient (Wildman–Crippen LogP) is 5.79. The molecule has 6 nitrogen and oxygen atoms in total. The summed E-state index contributed by atoms with van der Waals surface area (Å²) in [7, 11) is 0. The molecule has 0 aliphatic heterocycles. The van der Waals surface area contributed by atoms with E-state index in [1.54, 1.807) is 36.4 Å². The van der Waals surface area contributed by atoms with Gasteiger partial charge in [-0.15, -0.1) is 0 Å². The van der Waals surface area contributed by atoms with Crippen LogP contribution in [0.3, 0.4) is 0 Å². The highest BCUT2D eigenvalue weighted by atomic mass is 16.5. The number of rotatable bonds is 10. The number of ether oxygens (including phenoxy) is 3. The summed E-state index contributed by atoms with van der Waals surface area (Å²) in [6, 6.07) is 32.2. The van der Waals surface area contributed by atoms with E-state index in [0.29, 0.717) is 17.1 Å². The molecule has 4 aromatic carbocycles. The molecule has 0 aliphatic rings. The lowest BCUT2D eigenvalue weighted by molar-refractivity contribution is 0.0377. The van der Waals surface area contributed by atoms with Gasteiger partial charge in [0.05, 0.1) is 11.1 Å². The van der Waals surface area contributed by atoms with Crippen LogP contribution in [0.25, 0.3) is 0 Å². The van der Waals surface area contributed by atoms with Gasteiger partial charge in [0.2, 0.25) is 0 Å². The number of carbonyl (C=O) groups is 2. The topological polar surface area (TPSA) is 82.1 Å². The van der Waals surface area contributed by atoms with Crippen LogP contribution in [-0.4, -0.2) is 30.3 Å². The number of hydrogen-bond donors (Lipinski definition) is 1. The van der Waals surface area contributed by atoms with Gasteiger partial charge in [0.15, 0.2) is 6.10 Å². The van der Waals surface area contributed by atoms with Gasteiger partial charge in [0.25, 0.3) is 0 Å². The average molecular weight is 469 g/mol. The maximum absolute atomic E-state index is 12.9. The highest BCUT2D eigenvalue weighted by Crippen LogP contribution is 2.27. The van der Waals surface area contributed by atoms with Crippen molar-refractivity contribution in [3.8, 4) is 11.5 Å². The minimum Gasteiger partial charge on any atom is -0.490 e. The third kappa shape index (κ3) is 6.48. The highest BCUT2D eigenvalue weighted by Gasteiger charge is 2.20. The number of aromatic carboxylic acids is 1. The number of carboxylic acids is 1. The van der Waals surface area contributed by atoms with E-state index in [1.165, 1.54) is 12.1 Å². The maximum Gasteiger partial charge on any atom is 0.339 e. The quantitative estimate of drug-likeness (QED) is 0.234. The summed E-state index contributed by atoms with van der Waals surface area (Å²) in [5, 5.41) is 8.93. The van der Waals surface area contributed by atoms with Crippen molar-refractivity contribution in [1.82, 2.24) is 0 Å². The molecular formula is C29H24O6. The minimum absolute atomic E-state index is 0.200. The summed E-state index contributed by atoms with van der Waals surface area (Å²) in [6.07, 6.45) is -0.512. The third-order valence-electron chi connectivity index (χ3n) is 5.24. The first-order chi connectivity index (χ1) is 17.1. The Morgan fingerprint density at radius 1 is 0.600 bits per heavy atom. The van der Waals surface area contributed by atoms with Gasteiger partial charge >= 0.3 is 11.9 Å². The van der Waals surface area contributed by atoms with E-state index in [1.807, 2.05) is 60.7 Å². The summed E-state index contributed by atoms with van der Waals surface area (Å²) < 4.78 is 17.1. The molecular weight excluding hydrogens is 444 g/mol. The molecule has 0 bridgehead atoms. The number of benzene rings is 4. The Morgan fingerprint density at radius 2 is 1.03 bits per heavy atom. The fourth-order valence-corrected chi connectivity index (χ4v) is 3.46. The van der Waals surface area contributed by atoms with Gasteiger partial charge in [0, 0.05) is 0 Å². The molecule has 35 heavy (non-hydrogen) atoms. The molecule has 0 spiro atoms. The lowest BCUT2D eigenvalue weighted by Gasteiger charge is -2.19. The van der Waals surface area contributed by atoms with Gasteiger partial charge in [-0.05, 0) is 59.7 Å². The van der Waals surface area contributed by atoms with Crippen LogP contribution < -0.4 is 9.47 Å².